The van der Waals surface area contributed by atoms with Gasteiger partial charge in [-0.15, -0.1) is 0 Å². The quantitative estimate of drug-likeness (QED) is 0.905. The monoisotopic (exact) mass is 266 g/mol. The van der Waals surface area contributed by atoms with Gasteiger partial charge in [-0.2, -0.15) is 0 Å². The number of nitrogens with zero attached hydrogens (tertiary/aromatic N) is 1. The first kappa shape index (κ1) is 13.0. The van der Waals surface area contributed by atoms with Gasteiger partial charge >= 0.3 is 0 Å². The fraction of sp³-hybridized carbons (Fsp3) is 0.600. The lowest BCUT2D eigenvalue weighted by atomic mass is 9.88. The molecule has 1 N–H and O–H groups in total. The molecule has 0 aromatic heterocycles. The summed E-state index contributed by atoms with van der Waals surface area (Å²) < 4.78 is 25.0. The Kier molecular flexibility index (Phi) is 3.80. The van der Waals surface area contributed by atoms with Crippen LogP contribution in [0.15, 0.2) is 24.3 Å². The summed E-state index contributed by atoms with van der Waals surface area (Å²) in [5.74, 6) is 1.62. The number of likely N-dealkylation sites (tertiary alicyclic amines) is 1. The van der Waals surface area contributed by atoms with Gasteiger partial charge < -0.3 is 5.32 Å². The maximum absolute atomic E-state index is 12.5. The number of benzene rings is 1. The van der Waals surface area contributed by atoms with Gasteiger partial charge in [0.2, 0.25) is 0 Å². The Morgan fingerprint density at radius 2 is 1.89 bits per heavy atom. The highest BCUT2D eigenvalue weighted by Gasteiger charge is 2.32. The predicted molar refractivity (Wildman–Crippen MR) is 71.1 cm³/mol. The fourth-order valence-corrected chi connectivity index (χ4v) is 3.28. The Hall–Kier alpha value is -1.00. The molecule has 0 saturated carbocycles. The summed E-state index contributed by atoms with van der Waals surface area (Å²) in [6.45, 7) is 5.44. The van der Waals surface area contributed by atoms with Gasteiger partial charge in [-0.1, -0.05) is 24.3 Å². The van der Waals surface area contributed by atoms with Crippen molar-refractivity contribution in [2.24, 2.45) is 11.8 Å². The average Bonchev–Trinajstić information content (AvgIpc) is 2.87. The molecule has 0 bridgehead atoms. The Bertz CT molecular complexity index is 419. The van der Waals surface area contributed by atoms with Crippen molar-refractivity contribution >= 4 is 0 Å². The summed E-state index contributed by atoms with van der Waals surface area (Å²) in [6.07, 6.45) is -1.11. The lowest BCUT2D eigenvalue weighted by molar-refractivity contribution is 0.142. The van der Waals surface area contributed by atoms with E-state index in [9.17, 15) is 8.78 Å². The van der Waals surface area contributed by atoms with Gasteiger partial charge in [-0.05, 0) is 43.5 Å². The van der Waals surface area contributed by atoms with Crippen molar-refractivity contribution < 1.29 is 8.78 Å². The van der Waals surface area contributed by atoms with Crippen LogP contribution in [0.1, 0.15) is 24.0 Å². The summed E-state index contributed by atoms with van der Waals surface area (Å²) in [5.41, 5.74) is 1.25. The smallest absolute Gasteiger partial charge is 0.263 e. The molecule has 2 fully saturated rings. The van der Waals surface area contributed by atoms with E-state index in [1.807, 2.05) is 12.1 Å². The average molecular weight is 266 g/mol. The van der Waals surface area contributed by atoms with Crippen LogP contribution in [0, 0.1) is 11.8 Å². The van der Waals surface area contributed by atoms with E-state index in [1.54, 1.807) is 12.1 Å². The SMILES string of the molecule is FC(F)c1ccc(CN2CCC3CNCC3C2)cc1. The normalized spacial score (nSPS) is 27.7. The second-order valence-electron chi connectivity index (χ2n) is 5.74. The molecule has 2 unspecified atom stereocenters. The topological polar surface area (TPSA) is 15.3 Å². The van der Waals surface area contributed by atoms with E-state index in [4.69, 9.17) is 0 Å². The van der Waals surface area contributed by atoms with Crippen molar-refractivity contribution in [3.05, 3.63) is 35.4 Å². The molecule has 0 aliphatic carbocycles. The van der Waals surface area contributed by atoms with Gasteiger partial charge in [-0.25, -0.2) is 8.78 Å². The van der Waals surface area contributed by atoms with Crippen LogP contribution >= 0.6 is 0 Å². The second-order valence-corrected chi connectivity index (χ2v) is 5.74. The number of rotatable bonds is 3. The highest BCUT2D eigenvalue weighted by Crippen LogP contribution is 2.27. The maximum atomic E-state index is 12.5. The molecule has 2 saturated heterocycles. The van der Waals surface area contributed by atoms with Gasteiger partial charge in [0, 0.05) is 18.7 Å². The molecule has 19 heavy (non-hydrogen) atoms. The lowest BCUT2D eigenvalue weighted by Gasteiger charge is -2.34. The second kappa shape index (κ2) is 5.55. The van der Waals surface area contributed by atoms with Crippen molar-refractivity contribution in [1.29, 1.82) is 0 Å². The molecule has 104 valence electrons. The summed E-state index contributed by atoms with van der Waals surface area (Å²) in [6, 6.07) is 6.76. The molecule has 0 amide bonds. The first-order chi connectivity index (χ1) is 9.22. The molecule has 1 aromatic rings. The highest BCUT2D eigenvalue weighted by molar-refractivity contribution is 5.23. The molecular formula is C15H20F2N2. The zero-order valence-corrected chi connectivity index (χ0v) is 11.0. The van der Waals surface area contributed by atoms with E-state index in [1.165, 1.54) is 13.0 Å². The molecule has 3 rings (SSSR count). The standard InChI is InChI=1S/C15H20F2N2/c16-15(17)12-3-1-11(2-4-12)9-19-6-5-13-7-18-8-14(13)10-19/h1-4,13-15,18H,5-10H2. The maximum Gasteiger partial charge on any atom is 0.263 e. The molecule has 2 aliphatic rings. The fourth-order valence-electron chi connectivity index (χ4n) is 3.28. The summed E-state index contributed by atoms with van der Waals surface area (Å²) >= 11 is 0. The summed E-state index contributed by atoms with van der Waals surface area (Å²) in [4.78, 5) is 2.45. The zero-order chi connectivity index (χ0) is 13.2. The van der Waals surface area contributed by atoms with Gasteiger partial charge in [0.25, 0.3) is 6.43 Å². The van der Waals surface area contributed by atoms with E-state index in [0.717, 1.165) is 43.6 Å². The first-order valence-corrected chi connectivity index (χ1v) is 7.02. The highest BCUT2D eigenvalue weighted by atomic mass is 19.3. The number of hydrogen-bond acceptors (Lipinski definition) is 2. The molecule has 0 spiro atoms. The van der Waals surface area contributed by atoms with Gasteiger partial charge in [0.15, 0.2) is 0 Å². The number of alkyl halides is 2. The Balaban J connectivity index is 1.59. The third-order valence-corrected chi connectivity index (χ3v) is 4.43. The van der Waals surface area contributed by atoms with Crippen molar-refractivity contribution in [2.75, 3.05) is 26.2 Å². The van der Waals surface area contributed by atoms with Crippen molar-refractivity contribution in [3.63, 3.8) is 0 Å². The van der Waals surface area contributed by atoms with Crippen LogP contribution in [0.4, 0.5) is 8.78 Å². The van der Waals surface area contributed by atoms with Gasteiger partial charge in [0.05, 0.1) is 0 Å². The van der Waals surface area contributed by atoms with Crippen molar-refractivity contribution in [2.45, 2.75) is 19.4 Å². The molecule has 2 atom stereocenters. The predicted octanol–water partition coefficient (Wildman–Crippen LogP) is 2.67. The Labute approximate surface area is 112 Å². The first-order valence-electron chi connectivity index (χ1n) is 7.02. The number of piperidine rings is 1. The van der Waals surface area contributed by atoms with E-state index in [0.29, 0.717) is 0 Å². The molecule has 2 heterocycles. The van der Waals surface area contributed by atoms with Crippen LogP contribution in [0.2, 0.25) is 0 Å². The molecular weight excluding hydrogens is 246 g/mol. The minimum atomic E-state index is -2.37. The third-order valence-electron chi connectivity index (χ3n) is 4.43. The molecule has 2 nitrogen and oxygen atoms in total. The summed E-state index contributed by atoms with van der Waals surface area (Å²) in [7, 11) is 0. The van der Waals surface area contributed by atoms with Crippen molar-refractivity contribution in [1.82, 2.24) is 10.2 Å². The summed E-state index contributed by atoms with van der Waals surface area (Å²) in [5, 5.41) is 3.46. The number of halogens is 2. The zero-order valence-electron chi connectivity index (χ0n) is 11.0. The Morgan fingerprint density at radius 3 is 2.63 bits per heavy atom. The van der Waals surface area contributed by atoms with Crippen LogP contribution in [-0.2, 0) is 6.54 Å². The van der Waals surface area contributed by atoms with Crippen LogP contribution in [0.3, 0.4) is 0 Å². The lowest BCUT2D eigenvalue weighted by Crippen LogP contribution is -2.39. The van der Waals surface area contributed by atoms with Gasteiger partial charge in [0.1, 0.15) is 0 Å². The molecule has 2 aliphatic heterocycles. The van der Waals surface area contributed by atoms with Crippen LogP contribution in [0.5, 0.6) is 0 Å². The van der Waals surface area contributed by atoms with Gasteiger partial charge in [-0.3, -0.25) is 4.90 Å². The van der Waals surface area contributed by atoms with E-state index in [-0.39, 0.29) is 5.56 Å². The molecule has 0 radical (unpaired) electrons. The minimum Gasteiger partial charge on any atom is -0.316 e. The number of hydrogen-bond donors (Lipinski definition) is 1. The third kappa shape index (κ3) is 2.95. The largest absolute Gasteiger partial charge is 0.316 e. The molecule has 4 heteroatoms. The number of fused-ring (bicyclic) bond motifs is 1. The Morgan fingerprint density at radius 1 is 1.16 bits per heavy atom. The van der Waals surface area contributed by atoms with Crippen molar-refractivity contribution in [3.8, 4) is 0 Å². The minimum absolute atomic E-state index is 0.113. The number of nitrogens with one attached hydrogen (secondary N) is 1. The van der Waals surface area contributed by atoms with Crippen LogP contribution in [-0.4, -0.2) is 31.1 Å². The van der Waals surface area contributed by atoms with Crippen LogP contribution < -0.4 is 5.32 Å². The molecule has 1 aromatic carbocycles. The van der Waals surface area contributed by atoms with E-state index in [2.05, 4.69) is 10.2 Å². The van der Waals surface area contributed by atoms with E-state index >= 15 is 0 Å². The van der Waals surface area contributed by atoms with Crippen LogP contribution in [0.25, 0.3) is 0 Å². The van der Waals surface area contributed by atoms with E-state index < -0.39 is 6.43 Å².